The first-order chi connectivity index (χ1) is 8.92. The molecule has 2 atom stereocenters. The summed E-state index contributed by atoms with van der Waals surface area (Å²) in [5, 5.41) is 0. The summed E-state index contributed by atoms with van der Waals surface area (Å²) in [6.07, 6.45) is 10.1. The molecule has 3 aliphatic rings. The van der Waals surface area contributed by atoms with Crippen LogP contribution in [0.25, 0.3) is 0 Å². The fourth-order valence-corrected chi connectivity index (χ4v) is 3.84. The van der Waals surface area contributed by atoms with Crippen molar-refractivity contribution in [1.82, 2.24) is 9.80 Å². The minimum Gasteiger partial charge on any atom is -0.378 e. The Morgan fingerprint density at radius 3 is 2.61 bits per heavy atom. The zero-order valence-corrected chi connectivity index (χ0v) is 11.6. The molecule has 0 bridgehead atoms. The summed E-state index contributed by atoms with van der Waals surface area (Å²) in [6, 6.07) is 0.853. The van der Waals surface area contributed by atoms with Gasteiger partial charge in [-0.3, -0.25) is 4.90 Å². The van der Waals surface area contributed by atoms with Crippen molar-refractivity contribution in [3.8, 4) is 0 Å². The Morgan fingerprint density at radius 1 is 0.944 bits per heavy atom. The first-order valence-corrected chi connectivity index (χ1v) is 8.00. The number of hydrogen-bond acceptors (Lipinski definition) is 3. The smallest absolute Gasteiger partial charge is 0.0588 e. The van der Waals surface area contributed by atoms with Crippen molar-refractivity contribution in [3.05, 3.63) is 0 Å². The van der Waals surface area contributed by atoms with Crippen LogP contribution in [0.2, 0.25) is 0 Å². The van der Waals surface area contributed by atoms with Crippen LogP contribution in [-0.4, -0.2) is 61.3 Å². The molecule has 3 saturated heterocycles. The molecule has 3 aliphatic heterocycles. The van der Waals surface area contributed by atoms with Gasteiger partial charge in [-0.15, -0.1) is 0 Å². The average molecular weight is 252 g/mol. The van der Waals surface area contributed by atoms with Crippen molar-refractivity contribution in [3.63, 3.8) is 0 Å². The highest BCUT2D eigenvalue weighted by Crippen LogP contribution is 2.22. The molecule has 0 unspecified atom stereocenters. The zero-order chi connectivity index (χ0) is 12.2. The van der Waals surface area contributed by atoms with Crippen LogP contribution in [0.4, 0.5) is 0 Å². The van der Waals surface area contributed by atoms with Crippen molar-refractivity contribution < 1.29 is 4.74 Å². The molecule has 0 N–H and O–H groups in total. The van der Waals surface area contributed by atoms with E-state index in [2.05, 4.69) is 9.80 Å². The number of ether oxygens (including phenoxy) is 1. The highest BCUT2D eigenvalue weighted by Gasteiger charge is 2.27. The number of rotatable bonds is 4. The second-order valence-corrected chi connectivity index (χ2v) is 6.26. The van der Waals surface area contributed by atoms with Gasteiger partial charge in [-0.05, 0) is 64.6 Å². The molecular weight excluding hydrogens is 224 g/mol. The molecule has 104 valence electrons. The first kappa shape index (κ1) is 12.9. The van der Waals surface area contributed by atoms with Crippen LogP contribution < -0.4 is 0 Å². The van der Waals surface area contributed by atoms with E-state index in [-0.39, 0.29) is 0 Å². The van der Waals surface area contributed by atoms with Gasteiger partial charge in [0.15, 0.2) is 0 Å². The van der Waals surface area contributed by atoms with E-state index in [0.29, 0.717) is 6.10 Å². The topological polar surface area (TPSA) is 15.7 Å². The first-order valence-electron chi connectivity index (χ1n) is 8.00. The van der Waals surface area contributed by atoms with E-state index in [1.54, 1.807) is 0 Å². The Morgan fingerprint density at radius 2 is 1.83 bits per heavy atom. The molecule has 0 aromatic rings. The van der Waals surface area contributed by atoms with Gasteiger partial charge in [0.1, 0.15) is 0 Å². The summed E-state index contributed by atoms with van der Waals surface area (Å²) in [4.78, 5) is 5.42. The second-order valence-electron chi connectivity index (χ2n) is 6.26. The second kappa shape index (κ2) is 6.36. The molecule has 0 saturated carbocycles. The van der Waals surface area contributed by atoms with E-state index in [1.807, 2.05) is 0 Å². The van der Waals surface area contributed by atoms with Gasteiger partial charge in [-0.2, -0.15) is 0 Å². The fraction of sp³-hybridized carbons (Fsp3) is 1.00. The molecule has 3 nitrogen and oxygen atoms in total. The monoisotopic (exact) mass is 252 g/mol. The van der Waals surface area contributed by atoms with Crippen LogP contribution >= 0.6 is 0 Å². The van der Waals surface area contributed by atoms with Crippen molar-refractivity contribution in [2.75, 3.05) is 39.3 Å². The average Bonchev–Trinajstić information content (AvgIpc) is 3.10. The third-order valence-electron chi connectivity index (χ3n) is 4.93. The Kier molecular flexibility index (Phi) is 4.55. The molecule has 0 aromatic heterocycles. The standard InChI is InChI=1S/C15H28N2O/c1-2-10-17(9-1)14-5-3-8-16(13-14)11-7-15-6-4-12-18-15/h14-15H,1-13H2/t14-,15-/m0/s1. The van der Waals surface area contributed by atoms with Crippen molar-refractivity contribution >= 4 is 0 Å². The minimum atomic E-state index is 0.567. The Hall–Kier alpha value is -0.120. The number of hydrogen-bond donors (Lipinski definition) is 0. The van der Waals surface area contributed by atoms with Gasteiger partial charge in [-0.25, -0.2) is 0 Å². The SMILES string of the molecule is C1CO[C@H](CCN2CCC[C@H](N3CCCC3)C2)C1. The summed E-state index contributed by atoms with van der Waals surface area (Å²) < 4.78 is 5.73. The van der Waals surface area contributed by atoms with E-state index in [9.17, 15) is 0 Å². The molecule has 0 spiro atoms. The van der Waals surface area contributed by atoms with Crippen LogP contribution in [0.3, 0.4) is 0 Å². The highest BCUT2D eigenvalue weighted by molar-refractivity contribution is 4.83. The van der Waals surface area contributed by atoms with E-state index in [4.69, 9.17) is 4.74 Å². The van der Waals surface area contributed by atoms with Crippen LogP contribution in [0.15, 0.2) is 0 Å². The maximum absolute atomic E-state index is 5.73. The van der Waals surface area contributed by atoms with Gasteiger partial charge in [0, 0.05) is 25.7 Å². The van der Waals surface area contributed by atoms with Gasteiger partial charge < -0.3 is 9.64 Å². The fourth-order valence-electron chi connectivity index (χ4n) is 3.84. The van der Waals surface area contributed by atoms with E-state index >= 15 is 0 Å². The van der Waals surface area contributed by atoms with E-state index in [1.165, 1.54) is 77.7 Å². The maximum Gasteiger partial charge on any atom is 0.0588 e. The quantitative estimate of drug-likeness (QED) is 0.762. The largest absolute Gasteiger partial charge is 0.378 e. The molecule has 0 radical (unpaired) electrons. The Balaban J connectivity index is 1.41. The van der Waals surface area contributed by atoms with E-state index < -0.39 is 0 Å². The Labute approximate surface area is 111 Å². The van der Waals surface area contributed by atoms with Crippen molar-refractivity contribution in [2.45, 2.75) is 57.1 Å². The normalized spacial score (nSPS) is 35.3. The number of piperidine rings is 1. The third-order valence-corrected chi connectivity index (χ3v) is 4.93. The predicted molar refractivity (Wildman–Crippen MR) is 73.9 cm³/mol. The highest BCUT2D eigenvalue weighted by atomic mass is 16.5. The molecule has 0 aliphatic carbocycles. The van der Waals surface area contributed by atoms with Gasteiger partial charge in [-0.1, -0.05) is 0 Å². The van der Waals surface area contributed by atoms with Gasteiger partial charge in [0.2, 0.25) is 0 Å². The summed E-state index contributed by atoms with van der Waals surface area (Å²) in [5.41, 5.74) is 0. The van der Waals surface area contributed by atoms with Crippen molar-refractivity contribution in [1.29, 1.82) is 0 Å². The summed E-state index contributed by atoms with van der Waals surface area (Å²) in [5.74, 6) is 0. The molecule has 3 heterocycles. The molecule has 3 rings (SSSR count). The summed E-state index contributed by atoms with van der Waals surface area (Å²) in [6.45, 7) is 7.59. The van der Waals surface area contributed by atoms with Crippen LogP contribution in [0, 0.1) is 0 Å². The lowest BCUT2D eigenvalue weighted by molar-refractivity contribution is 0.0730. The minimum absolute atomic E-state index is 0.567. The molecule has 3 fully saturated rings. The van der Waals surface area contributed by atoms with Crippen LogP contribution in [0.1, 0.15) is 44.9 Å². The van der Waals surface area contributed by atoms with Crippen LogP contribution in [-0.2, 0) is 4.74 Å². The van der Waals surface area contributed by atoms with Crippen molar-refractivity contribution in [2.24, 2.45) is 0 Å². The summed E-state index contributed by atoms with van der Waals surface area (Å²) in [7, 11) is 0. The molecule has 18 heavy (non-hydrogen) atoms. The Bertz CT molecular complexity index is 247. The molecule has 0 amide bonds. The zero-order valence-electron chi connectivity index (χ0n) is 11.6. The number of likely N-dealkylation sites (tertiary alicyclic amines) is 2. The molecule has 3 heteroatoms. The lowest BCUT2D eigenvalue weighted by atomic mass is 10.0. The third kappa shape index (κ3) is 3.25. The van der Waals surface area contributed by atoms with Gasteiger partial charge in [0.25, 0.3) is 0 Å². The predicted octanol–water partition coefficient (Wildman–Crippen LogP) is 2.12. The maximum atomic E-state index is 5.73. The summed E-state index contributed by atoms with van der Waals surface area (Å²) >= 11 is 0. The lowest BCUT2D eigenvalue weighted by Crippen LogP contribution is -2.47. The molecular formula is C15H28N2O. The van der Waals surface area contributed by atoms with Gasteiger partial charge >= 0.3 is 0 Å². The lowest BCUT2D eigenvalue weighted by Gasteiger charge is -2.37. The number of nitrogens with zero attached hydrogens (tertiary/aromatic N) is 2. The van der Waals surface area contributed by atoms with Crippen LogP contribution in [0.5, 0.6) is 0 Å². The van der Waals surface area contributed by atoms with E-state index in [0.717, 1.165) is 12.6 Å². The molecule has 0 aromatic carbocycles. The van der Waals surface area contributed by atoms with Gasteiger partial charge in [0.05, 0.1) is 6.10 Å².